The molecule has 0 N–H and O–H groups in total. The van der Waals surface area contributed by atoms with Gasteiger partial charge in [-0.25, -0.2) is 0 Å². The smallest absolute Gasteiger partial charge is 0.248 e. The molecule has 0 spiro atoms. The first-order valence-corrected chi connectivity index (χ1v) is 15.1. The minimum Gasteiger partial charge on any atom is -0.311 e. The Labute approximate surface area is 244 Å². The first-order chi connectivity index (χ1) is 20.2. The van der Waals surface area contributed by atoms with Crippen LogP contribution in [0.4, 0.5) is 17.1 Å². The Hall–Kier alpha value is -4.60. The molecule has 0 aliphatic carbocycles. The second kappa shape index (κ2) is 8.45. The van der Waals surface area contributed by atoms with Crippen molar-refractivity contribution in [3.8, 4) is 22.3 Å². The molecule has 0 saturated carbocycles. The number of aryl methyl sites for hydroxylation is 2. The van der Waals surface area contributed by atoms with E-state index < -0.39 is 0 Å². The highest BCUT2D eigenvalue weighted by Crippen LogP contribution is 2.45. The molecule has 0 atom stereocenters. The average molecular weight is 540 g/mol. The van der Waals surface area contributed by atoms with E-state index in [1.54, 1.807) is 0 Å². The van der Waals surface area contributed by atoms with Crippen LogP contribution in [0.15, 0.2) is 121 Å². The Morgan fingerprint density at radius 2 is 1.32 bits per heavy atom. The number of thiophene rings is 1. The molecular weight excluding hydrogens is 513 g/mol. The van der Waals surface area contributed by atoms with Crippen molar-refractivity contribution in [2.45, 2.75) is 13.8 Å². The molecule has 41 heavy (non-hydrogen) atoms. The summed E-state index contributed by atoms with van der Waals surface area (Å²) in [5, 5.41) is 2.70. The van der Waals surface area contributed by atoms with Crippen molar-refractivity contribution in [2.75, 3.05) is 4.90 Å². The van der Waals surface area contributed by atoms with Gasteiger partial charge < -0.3 is 4.90 Å². The Morgan fingerprint density at radius 3 is 2.22 bits per heavy atom. The van der Waals surface area contributed by atoms with Gasteiger partial charge in [0.15, 0.2) is 0 Å². The second-order valence-corrected chi connectivity index (χ2v) is 12.6. The number of fused-ring (bicyclic) bond motifs is 8. The van der Waals surface area contributed by atoms with Crippen LogP contribution in [-0.2, 0) is 0 Å². The lowest BCUT2D eigenvalue weighted by Crippen LogP contribution is -2.54. The third-order valence-electron chi connectivity index (χ3n) is 8.99. The summed E-state index contributed by atoms with van der Waals surface area (Å²) >= 11 is 1.89. The van der Waals surface area contributed by atoms with Crippen molar-refractivity contribution >= 4 is 71.7 Å². The number of nitrogens with zero attached hydrogens (tertiary/aromatic N) is 1. The lowest BCUT2D eigenvalue weighted by Gasteiger charge is -2.36. The molecule has 0 saturated heterocycles. The van der Waals surface area contributed by atoms with Crippen LogP contribution in [0, 0.1) is 13.8 Å². The molecular formula is C38H26BNS. The fourth-order valence-corrected chi connectivity index (χ4v) is 8.34. The molecule has 6 aromatic carbocycles. The average Bonchev–Trinajstić information content (AvgIpc) is 3.55. The van der Waals surface area contributed by atoms with Crippen molar-refractivity contribution < 1.29 is 0 Å². The molecule has 192 valence electrons. The van der Waals surface area contributed by atoms with Crippen LogP contribution in [0.2, 0.25) is 0 Å². The van der Waals surface area contributed by atoms with Crippen molar-refractivity contribution in [3.05, 3.63) is 132 Å². The molecule has 0 fully saturated rings. The number of benzene rings is 6. The van der Waals surface area contributed by atoms with Crippen LogP contribution in [0.5, 0.6) is 0 Å². The minimum absolute atomic E-state index is 0.236. The molecule has 1 aromatic heterocycles. The van der Waals surface area contributed by atoms with Crippen LogP contribution >= 0.6 is 11.3 Å². The van der Waals surface area contributed by atoms with Crippen LogP contribution < -0.4 is 21.3 Å². The van der Waals surface area contributed by atoms with Gasteiger partial charge in [-0.05, 0) is 89.5 Å². The molecule has 7 aromatic rings. The van der Waals surface area contributed by atoms with E-state index >= 15 is 0 Å². The molecule has 0 bridgehead atoms. The van der Waals surface area contributed by atoms with E-state index in [0.717, 1.165) is 0 Å². The zero-order chi connectivity index (χ0) is 27.2. The summed E-state index contributed by atoms with van der Waals surface area (Å²) < 4.78 is 2.68. The quantitative estimate of drug-likeness (QED) is 0.199. The standard InChI is InChI=1S/C38H26BNS/c1-23-14-17-26(18-15-23)40-33-19-16-24(2)20-32(33)39-31-11-5-3-8-28(31)30-21-25(22-34(40)38(30)39)27-10-7-13-36-37(27)29-9-4-6-12-35(29)41-36/h3-22H,1-2H3. The topological polar surface area (TPSA) is 3.24 Å². The molecule has 2 aliphatic heterocycles. The highest BCUT2D eigenvalue weighted by atomic mass is 32.1. The number of hydrogen-bond acceptors (Lipinski definition) is 2. The lowest BCUT2D eigenvalue weighted by atomic mass is 9.37. The minimum atomic E-state index is 0.236. The molecule has 3 heterocycles. The van der Waals surface area contributed by atoms with Gasteiger partial charge in [-0.2, -0.15) is 0 Å². The van der Waals surface area contributed by atoms with E-state index in [9.17, 15) is 0 Å². The normalized spacial score (nSPS) is 13.0. The van der Waals surface area contributed by atoms with Crippen molar-refractivity contribution in [2.24, 2.45) is 0 Å². The SMILES string of the molecule is Cc1ccc(N2c3ccc(C)cc3B3c4ccccc4-c4cc(-c5cccc6sc7ccccc7c56)cc2c43)cc1. The molecule has 0 amide bonds. The van der Waals surface area contributed by atoms with E-state index in [4.69, 9.17) is 0 Å². The van der Waals surface area contributed by atoms with Crippen LogP contribution in [0.25, 0.3) is 42.4 Å². The predicted molar refractivity (Wildman–Crippen MR) is 179 cm³/mol. The fraction of sp³-hybridized carbons (Fsp3) is 0.0526. The maximum Gasteiger partial charge on any atom is 0.248 e. The molecule has 9 rings (SSSR count). The van der Waals surface area contributed by atoms with E-state index in [0.29, 0.717) is 0 Å². The summed E-state index contributed by atoms with van der Waals surface area (Å²) in [6.45, 7) is 4.61. The van der Waals surface area contributed by atoms with Crippen LogP contribution in [0.3, 0.4) is 0 Å². The third-order valence-corrected chi connectivity index (χ3v) is 10.1. The van der Waals surface area contributed by atoms with Gasteiger partial charge in [-0.3, -0.25) is 0 Å². The van der Waals surface area contributed by atoms with Crippen molar-refractivity contribution in [3.63, 3.8) is 0 Å². The predicted octanol–water partition coefficient (Wildman–Crippen LogP) is 8.62. The van der Waals surface area contributed by atoms with Gasteiger partial charge in [0.2, 0.25) is 6.71 Å². The summed E-state index contributed by atoms with van der Waals surface area (Å²) in [5.41, 5.74) is 15.9. The first kappa shape index (κ1) is 23.1. The summed E-state index contributed by atoms with van der Waals surface area (Å²) in [6.07, 6.45) is 0. The Kier molecular flexibility index (Phi) is 4.77. The van der Waals surface area contributed by atoms with E-state index in [1.165, 1.54) is 87.0 Å². The lowest BCUT2D eigenvalue weighted by molar-refractivity contribution is 1.28. The summed E-state index contributed by atoms with van der Waals surface area (Å²) in [5.74, 6) is 0. The van der Waals surface area contributed by atoms with Gasteiger partial charge in [-0.1, -0.05) is 95.5 Å². The number of anilines is 3. The highest BCUT2D eigenvalue weighted by molar-refractivity contribution is 7.25. The maximum atomic E-state index is 2.50. The van der Waals surface area contributed by atoms with Crippen LogP contribution in [0.1, 0.15) is 11.1 Å². The second-order valence-electron chi connectivity index (χ2n) is 11.5. The Balaban J connectivity index is 1.40. The number of hydrogen-bond donors (Lipinski definition) is 0. The Morgan fingerprint density at radius 1 is 0.561 bits per heavy atom. The summed E-state index contributed by atoms with van der Waals surface area (Å²) in [7, 11) is 0. The van der Waals surface area contributed by atoms with E-state index in [2.05, 4.69) is 140 Å². The summed E-state index contributed by atoms with van der Waals surface area (Å²) in [6, 6.07) is 45.6. The number of rotatable bonds is 2. The van der Waals surface area contributed by atoms with Gasteiger partial charge in [0.05, 0.1) is 0 Å². The van der Waals surface area contributed by atoms with E-state index in [-0.39, 0.29) is 6.71 Å². The zero-order valence-electron chi connectivity index (χ0n) is 23.0. The van der Waals surface area contributed by atoms with Gasteiger partial charge in [0, 0.05) is 37.2 Å². The molecule has 2 aliphatic rings. The fourth-order valence-electron chi connectivity index (χ4n) is 7.20. The highest BCUT2D eigenvalue weighted by Gasteiger charge is 2.42. The van der Waals surface area contributed by atoms with Gasteiger partial charge in [-0.15, -0.1) is 11.3 Å². The zero-order valence-corrected chi connectivity index (χ0v) is 23.8. The van der Waals surface area contributed by atoms with Gasteiger partial charge in [0.25, 0.3) is 0 Å². The summed E-state index contributed by atoms with van der Waals surface area (Å²) in [4.78, 5) is 2.50. The van der Waals surface area contributed by atoms with Crippen LogP contribution in [-0.4, -0.2) is 6.71 Å². The molecule has 1 nitrogen and oxygen atoms in total. The van der Waals surface area contributed by atoms with E-state index in [1.807, 2.05) is 11.3 Å². The molecule has 3 heteroatoms. The molecule has 0 radical (unpaired) electrons. The monoisotopic (exact) mass is 539 g/mol. The van der Waals surface area contributed by atoms with Crippen molar-refractivity contribution in [1.29, 1.82) is 0 Å². The first-order valence-electron chi connectivity index (χ1n) is 14.3. The van der Waals surface area contributed by atoms with Gasteiger partial charge >= 0.3 is 0 Å². The van der Waals surface area contributed by atoms with Gasteiger partial charge in [0.1, 0.15) is 0 Å². The third kappa shape index (κ3) is 3.24. The maximum absolute atomic E-state index is 2.50. The largest absolute Gasteiger partial charge is 0.311 e. The Bertz CT molecular complexity index is 2190. The molecule has 0 unspecified atom stereocenters. The van der Waals surface area contributed by atoms with Crippen molar-refractivity contribution in [1.82, 2.24) is 0 Å².